The highest BCUT2D eigenvalue weighted by molar-refractivity contribution is 5.90. The van der Waals surface area contributed by atoms with Crippen molar-refractivity contribution in [2.45, 2.75) is 38.1 Å². The first kappa shape index (κ1) is 18.5. The lowest BCUT2D eigenvalue weighted by Gasteiger charge is -2.29. The van der Waals surface area contributed by atoms with Gasteiger partial charge in [0.05, 0.1) is 34.0 Å². The number of ether oxygens (including phenoxy) is 4. The fourth-order valence-corrected chi connectivity index (χ4v) is 3.00. The van der Waals surface area contributed by atoms with E-state index in [1.165, 1.54) is 19.1 Å². The van der Waals surface area contributed by atoms with Gasteiger partial charge in [-0.3, -0.25) is 4.79 Å². The number of alkyl carbamates (subject to hydrolysis) is 1. The van der Waals surface area contributed by atoms with E-state index in [-0.39, 0.29) is 18.9 Å². The van der Waals surface area contributed by atoms with Crippen LogP contribution in [0.3, 0.4) is 0 Å². The van der Waals surface area contributed by atoms with Gasteiger partial charge in [0.1, 0.15) is 12.1 Å². The molecule has 0 aromatic heterocycles. The zero-order chi connectivity index (χ0) is 17.9. The Bertz CT molecular complexity index is 502. The second kappa shape index (κ2) is 7.35. The van der Waals surface area contributed by atoms with Gasteiger partial charge in [-0.25, -0.2) is 9.59 Å². The van der Waals surface area contributed by atoms with Crippen LogP contribution in [0.2, 0.25) is 0 Å². The molecule has 2 amide bonds. The molecule has 0 saturated carbocycles. The molecule has 2 rings (SSSR count). The SMILES string of the molecule is COC(=O)N[C@@H](C(=O)N1CC2(C[C@H]1C(=O)OC)OCCO2)C(C)C. The lowest BCUT2D eigenvalue weighted by atomic mass is 10.0. The van der Waals surface area contributed by atoms with E-state index in [2.05, 4.69) is 10.1 Å². The number of esters is 1. The van der Waals surface area contributed by atoms with Gasteiger partial charge in [-0.05, 0) is 5.92 Å². The van der Waals surface area contributed by atoms with Gasteiger partial charge < -0.3 is 29.2 Å². The third-order valence-electron chi connectivity index (χ3n) is 4.25. The second-order valence-electron chi connectivity index (χ2n) is 6.17. The van der Waals surface area contributed by atoms with Crippen LogP contribution in [-0.4, -0.2) is 74.7 Å². The van der Waals surface area contributed by atoms with Gasteiger partial charge in [0, 0.05) is 6.42 Å². The molecule has 2 fully saturated rings. The van der Waals surface area contributed by atoms with Crippen molar-refractivity contribution < 1.29 is 33.3 Å². The monoisotopic (exact) mass is 344 g/mol. The van der Waals surface area contributed by atoms with E-state index in [0.29, 0.717) is 13.2 Å². The van der Waals surface area contributed by atoms with Crippen molar-refractivity contribution in [1.29, 1.82) is 0 Å². The van der Waals surface area contributed by atoms with Crippen molar-refractivity contribution in [2.24, 2.45) is 5.92 Å². The van der Waals surface area contributed by atoms with Crippen molar-refractivity contribution in [2.75, 3.05) is 34.0 Å². The Kier molecular flexibility index (Phi) is 5.66. The molecule has 1 N–H and O–H groups in total. The molecule has 9 heteroatoms. The fourth-order valence-electron chi connectivity index (χ4n) is 3.00. The van der Waals surface area contributed by atoms with Crippen LogP contribution in [0.5, 0.6) is 0 Å². The van der Waals surface area contributed by atoms with Gasteiger partial charge in [-0.15, -0.1) is 0 Å². The summed E-state index contributed by atoms with van der Waals surface area (Å²) in [4.78, 5) is 37.9. The van der Waals surface area contributed by atoms with Crippen molar-refractivity contribution in [3.8, 4) is 0 Å². The maximum atomic E-state index is 12.9. The van der Waals surface area contributed by atoms with E-state index in [4.69, 9.17) is 14.2 Å². The van der Waals surface area contributed by atoms with Gasteiger partial charge in [-0.2, -0.15) is 0 Å². The van der Waals surface area contributed by atoms with Gasteiger partial charge in [-0.1, -0.05) is 13.8 Å². The molecule has 0 aromatic rings. The van der Waals surface area contributed by atoms with Gasteiger partial charge in [0.15, 0.2) is 5.79 Å². The molecule has 0 radical (unpaired) electrons. The highest BCUT2D eigenvalue weighted by atomic mass is 16.7. The van der Waals surface area contributed by atoms with E-state index in [1.54, 1.807) is 13.8 Å². The van der Waals surface area contributed by atoms with Crippen LogP contribution >= 0.6 is 0 Å². The second-order valence-corrected chi connectivity index (χ2v) is 6.17. The number of hydrogen-bond donors (Lipinski definition) is 1. The smallest absolute Gasteiger partial charge is 0.407 e. The topological polar surface area (TPSA) is 103 Å². The predicted molar refractivity (Wildman–Crippen MR) is 80.9 cm³/mol. The number of nitrogens with one attached hydrogen (secondary N) is 1. The molecular formula is C15H24N2O7. The minimum absolute atomic E-state index is 0.109. The number of carbonyl (C=O) groups is 3. The van der Waals surface area contributed by atoms with Crippen LogP contribution in [0.1, 0.15) is 20.3 Å². The Balaban J connectivity index is 2.22. The summed E-state index contributed by atoms with van der Waals surface area (Å²) in [5, 5.41) is 2.51. The van der Waals surface area contributed by atoms with Crippen LogP contribution in [0.4, 0.5) is 4.79 Å². The maximum Gasteiger partial charge on any atom is 0.407 e. The molecule has 9 nitrogen and oxygen atoms in total. The van der Waals surface area contributed by atoms with E-state index in [1.807, 2.05) is 0 Å². The Labute approximate surface area is 140 Å². The number of carbonyl (C=O) groups excluding carboxylic acids is 3. The minimum Gasteiger partial charge on any atom is -0.467 e. The average Bonchev–Trinajstić information content (AvgIpc) is 3.18. The molecule has 2 aliphatic heterocycles. The first-order chi connectivity index (χ1) is 11.3. The predicted octanol–water partition coefficient (Wildman–Crippen LogP) is -0.116. The molecule has 1 spiro atoms. The summed E-state index contributed by atoms with van der Waals surface area (Å²) in [5.74, 6) is -2.13. The molecule has 0 aliphatic carbocycles. The van der Waals surface area contributed by atoms with Crippen LogP contribution in [0.15, 0.2) is 0 Å². The Hall–Kier alpha value is -1.87. The summed E-state index contributed by atoms with van der Waals surface area (Å²) in [7, 11) is 2.48. The minimum atomic E-state index is -0.985. The summed E-state index contributed by atoms with van der Waals surface area (Å²) in [6.45, 7) is 4.51. The van der Waals surface area contributed by atoms with Gasteiger partial charge in [0.25, 0.3) is 0 Å². The van der Waals surface area contributed by atoms with Gasteiger partial charge in [0.2, 0.25) is 5.91 Å². The normalized spacial score (nSPS) is 23.4. The number of likely N-dealkylation sites (tertiary alicyclic amines) is 1. The number of rotatable bonds is 4. The lowest BCUT2D eigenvalue weighted by molar-refractivity contribution is -0.153. The largest absolute Gasteiger partial charge is 0.467 e. The lowest BCUT2D eigenvalue weighted by Crippen LogP contribution is -2.54. The number of amides is 2. The van der Waals surface area contributed by atoms with E-state index in [0.717, 1.165) is 0 Å². The molecule has 0 bridgehead atoms. The van der Waals surface area contributed by atoms with Crippen LogP contribution in [-0.2, 0) is 28.5 Å². The summed E-state index contributed by atoms with van der Waals surface area (Å²) in [5.41, 5.74) is 0. The van der Waals surface area contributed by atoms with E-state index >= 15 is 0 Å². The molecule has 0 unspecified atom stereocenters. The number of hydrogen-bond acceptors (Lipinski definition) is 7. The van der Waals surface area contributed by atoms with Crippen LogP contribution < -0.4 is 5.32 Å². The first-order valence-corrected chi connectivity index (χ1v) is 7.84. The van der Waals surface area contributed by atoms with Crippen molar-refractivity contribution in [1.82, 2.24) is 10.2 Å². The molecule has 2 atom stereocenters. The average molecular weight is 344 g/mol. The maximum absolute atomic E-state index is 12.9. The van der Waals surface area contributed by atoms with Crippen molar-refractivity contribution in [3.63, 3.8) is 0 Å². The first-order valence-electron chi connectivity index (χ1n) is 7.84. The van der Waals surface area contributed by atoms with Crippen molar-refractivity contribution >= 4 is 18.0 Å². The van der Waals surface area contributed by atoms with E-state index in [9.17, 15) is 14.4 Å². The summed E-state index contributed by atoms with van der Waals surface area (Å²) in [6.07, 6.45) is -0.506. The molecule has 2 heterocycles. The standard InChI is InChI=1S/C15H24N2O7/c1-9(2)11(16-14(20)22-4)12(18)17-8-15(23-5-6-24-15)7-10(17)13(19)21-3/h9-11H,5-8H2,1-4H3,(H,16,20)/t10-,11+/m0/s1. The van der Waals surface area contributed by atoms with E-state index < -0.39 is 35.8 Å². The molecule has 2 saturated heterocycles. The third kappa shape index (κ3) is 3.62. The highest BCUT2D eigenvalue weighted by Crippen LogP contribution is 2.35. The molecule has 2 aliphatic rings. The number of nitrogens with zero attached hydrogens (tertiary/aromatic N) is 1. The molecule has 0 aromatic carbocycles. The summed E-state index contributed by atoms with van der Waals surface area (Å²) < 4.78 is 20.6. The van der Waals surface area contributed by atoms with Crippen molar-refractivity contribution in [3.05, 3.63) is 0 Å². The number of methoxy groups -OCH3 is 2. The Morgan fingerprint density at radius 2 is 1.79 bits per heavy atom. The highest BCUT2D eigenvalue weighted by Gasteiger charge is 2.54. The molecule has 24 heavy (non-hydrogen) atoms. The Morgan fingerprint density at radius 3 is 2.29 bits per heavy atom. The zero-order valence-corrected chi connectivity index (χ0v) is 14.4. The summed E-state index contributed by atoms with van der Waals surface area (Å²) in [6, 6.07) is -1.65. The van der Waals surface area contributed by atoms with Crippen LogP contribution in [0, 0.1) is 5.92 Å². The molecule has 136 valence electrons. The zero-order valence-electron chi connectivity index (χ0n) is 14.4. The van der Waals surface area contributed by atoms with Gasteiger partial charge >= 0.3 is 12.1 Å². The fraction of sp³-hybridized carbons (Fsp3) is 0.800. The quantitative estimate of drug-likeness (QED) is 0.709. The summed E-state index contributed by atoms with van der Waals surface area (Å²) >= 11 is 0. The Morgan fingerprint density at radius 1 is 1.17 bits per heavy atom. The van der Waals surface area contributed by atoms with Crippen LogP contribution in [0.25, 0.3) is 0 Å². The third-order valence-corrected chi connectivity index (χ3v) is 4.25. The molecular weight excluding hydrogens is 320 g/mol.